The van der Waals surface area contributed by atoms with Crippen LogP contribution in [0.1, 0.15) is 34.1 Å². The molecule has 0 aromatic rings. The zero-order valence-electron chi connectivity index (χ0n) is 10.6. The number of piperazine rings is 1. The lowest BCUT2D eigenvalue weighted by atomic mass is 9.96. The maximum absolute atomic E-state index is 12.1. The van der Waals surface area contributed by atoms with Crippen molar-refractivity contribution in [3.05, 3.63) is 0 Å². The van der Waals surface area contributed by atoms with E-state index >= 15 is 0 Å². The van der Waals surface area contributed by atoms with Crippen LogP contribution in [0.15, 0.2) is 0 Å². The molecule has 1 saturated heterocycles. The van der Waals surface area contributed by atoms with Gasteiger partial charge in [-0.1, -0.05) is 34.1 Å². The Balaban J connectivity index is 2.73. The Hall–Kier alpha value is -1.06. The number of hydrogen-bond donors (Lipinski definition) is 1. The molecule has 1 aliphatic heterocycles. The third kappa shape index (κ3) is 2.97. The molecule has 0 bridgehead atoms. The molecule has 0 saturated carbocycles. The van der Waals surface area contributed by atoms with E-state index in [1.165, 1.54) is 0 Å². The summed E-state index contributed by atoms with van der Waals surface area (Å²) in [5.41, 5.74) is 0. The largest absolute Gasteiger partial charge is 0.342 e. The van der Waals surface area contributed by atoms with Gasteiger partial charge in [-0.3, -0.25) is 9.59 Å². The fourth-order valence-corrected chi connectivity index (χ4v) is 1.95. The number of amides is 2. The minimum absolute atomic E-state index is 0.0365. The van der Waals surface area contributed by atoms with E-state index in [2.05, 4.69) is 19.2 Å². The fraction of sp³-hybridized carbons (Fsp3) is 0.833. The highest BCUT2D eigenvalue weighted by Crippen LogP contribution is 2.15. The lowest BCUT2D eigenvalue weighted by Crippen LogP contribution is -2.60. The Bertz CT molecular complexity index is 276. The van der Waals surface area contributed by atoms with E-state index in [1.807, 2.05) is 13.8 Å². The Kier molecular flexibility index (Phi) is 4.33. The first-order chi connectivity index (χ1) is 7.45. The van der Waals surface area contributed by atoms with E-state index in [4.69, 9.17) is 0 Å². The Morgan fingerprint density at radius 1 is 1.38 bits per heavy atom. The van der Waals surface area contributed by atoms with Crippen LogP contribution in [0, 0.1) is 11.8 Å². The molecule has 92 valence electrons. The second-order valence-electron chi connectivity index (χ2n) is 5.04. The van der Waals surface area contributed by atoms with E-state index in [0.29, 0.717) is 12.5 Å². The van der Waals surface area contributed by atoms with Gasteiger partial charge >= 0.3 is 0 Å². The molecule has 4 heteroatoms. The van der Waals surface area contributed by atoms with Gasteiger partial charge in [0, 0.05) is 6.54 Å². The predicted octanol–water partition coefficient (Wildman–Crippen LogP) is 1.02. The molecule has 0 spiro atoms. The summed E-state index contributed by atoms with van der Waals surface area (Å²) in [5, 5.41) is 2.79. The summed E-state index contributed by atoms with van der Waals surface area (Å²) in [4.78, 5) is 25.3. The molecule has 2 amide bonds. The molecular weight excluding hydrogens is 204 g/mol. The highest BCUT2D eigenvalue weighted by molar-refractivity contribution is 5.95. The van der Waals surface area contributed by atoms with Crippen LogP contribution in [-0.4, -0.2) is 35.8 Å². The molecule has 1 aliphatic rings. The third-order valence-corrected chi connectivity index (χ3v) is 3.03. The number of carbonyl (C=O) groups is 2. The van der Waals surface area contributed by atoms with Crippen LogP contribution in [0.5, 0.6) is 0 Å². The van der Waals surface area contributed by atoms with E-state index in [1.54, 1.807) is 4.90 Å². The molecule has 1 fully saturated rings. The van der Waals surface area contributed by atoms with Crippen molar-refractivity contribution in [1.82, 2.24) is 10.2 Å². The van der Waals surface area contributed by atoms with Gasteiger partial charge in [0.1, 0.15) is 6.04 Å². The van der Waals surface area contributed by atoms with Crippen molar-refractivity contribution >= 4 is 11.8 Å². The van der Waals surface area contributed by atoms with Crippen molar-refractivity contribution in [1.29, 1.82) is 0 Å². The van der Waals surface area contributed by atoms with Gasteiger partial charge in [-0.2, -0.15) is 0 Å². The molecule has 2 unspecified atom stereocenters. The summed E-state index contributed by atoms with van der Waals surface area (Å²) in [6.07, 6.45) is 0.895. The monoisotopic (exact) mass is 226 g/mol. The lowest BCUT2D eigenvalue weighted by molar-refractivity contribution is -0.146. The van der Waals surface area contributed by atoms with Crippen molar-refractivity contribution in [3.63, 3.8) is 0 Å². The summed E-state index contributed by atoms with van der Waals surface area (Å²) in [6.45, 7) is 9.02. The molecule has 1 heterocycles. The van der Waals surface area contributed by atoms with Gasteiger partial charge in [0.25, 0.3) is 0 Å². The molecule has 0 aromatic carbocycles. The first-order valence-corrected chi connectivity index (χ1v) is 6.03. The second kappa shape index (κ2) is 5.32. The lowest BCUT2D eigenvalue weighted by Gasteiger charge is -2.35. The molecule has 0 radical (unpaired) electrons. The number of hydrogen-bond acceptors (Lipinski definition) is 2. The maximum atomic E-state index is 12.1. The highest BCUT2D eigenvalue weighted by atomic mass is 16.2. The number of rotatable bonds is 4. The van der Waals surface area contributed by atoms with Gasteiger partial charge in [-0.15, -0.1) is 0 Å². The van der Waals surface area contributed by atoms with Gasteiger partial charge in [0.15, 0.2) is 0 Å². The fourth-order valence-electron chi connectivity index (χ4n) is 1.95. The molecule has 4 nitrogen and oxygen atoms in total. The normalized spacial score (nSPS) is 23.6. The number of nitrogens with zero attached hydrogens (tertiary/aromatic N) is 1. The third-order valence-electron chi connectivity index (χ3n) is 3.03. The topological polar surface area (TPSA) is 49.4 Å². The maximum Gasteiger partial charge on any atom is 0.245 e. The van der Waals surface area contributed by atoms with Gasteiger partial charge in [-0.25, -0.2) is 0 Å². The van der Waals surface area contributed by atoms with Gasteiger partial charge in [-0.05, 0) is 11.8 Å². The molecule has 2 atom stereocenters. The number of carbonyl (C=O) groups excluding carboxylic acids is 2. The van der Waals surface area contributed by atoms with E-state index in [0.717, 1.165) is 6.42 Å². The highest BCUT2D eigenvalue weighted by Gasteiger charge is 2.35. The smallest absolute Gasteiger partial charge is 0.245 e. The van der Waals surface area contributed by atoms with Crippen LogP contribution in [0.4, 0.5) is 0 Å². The molecule has 1 rings (SSSR count). The van der Waals surface area contributed by atoms with Gasteiger partial charge in [0.05, 0.1) is 6.54 Å². The summed E-state index contributed by atoms with van der Waals surface area (Å²) in [5.74, 6) is 0.632. The Morgan fingerprint density at radius 2 is 2.00 bits per heavy atom. The van der Waals surface area contributed by atoms with E-state index in [9.17, 15) is 9.59 Å². The number of nitrogens with one attached hydrogen (secondary N) is 1. The second-order valence-corrected chi connectivity index (χ2v) is 5.04. The zero-order chi connectivity index (χ0) is 12.3. The van der Waals surface area contributed by atoms with Gasteiger partial charge in [0.2, 0.25) is 11.8 Å². The Morgan fingerprint density at radius 3 is 2.50 bits per heavy atom. The molecule has 1 N–H and O–H groups in total. The minimum Gasteiger partial charge on any atom is -0.342 e. The predicted molar refractivity (Wildman–Crippen MR) is 62.8 cm³/mol. The Labute approximate surface area is 97.4 Å². The SMILES string of the molecule is CCC(C)C1NC(=O)CN(CC(C)C)C1=O. The summed E-state index contributed by atoms with van der Waals surface area (Å²) < 4.78 is 0. The summed E-state index contributed by atoms with van der Waals surface area (Å²) in [6, 6.07) is -0.329. The van der Waals surface area contributed by atoms with Crippen LogP contribution in [0.2, 0.25) is 0 Å². The van der Waals surface area contributed by atoms with Crippen molar-refractivity contribution in [2.75, 3.05) is 13.1 Å². The molecular formula is C12H22N2O2. The van der Waals surface area contributed by atoms with Crippen LogP contribution in [0.25, 0.3) is 0 Å². The van der Waals surface area contributed by atoms with Crippen molar-refractivity contribution < 1.29 is 9.59 Å². The molecule has 16 heavy (non-hydrogen) atoms. The molecule has 0 aromatic heterocycles. The van der Waals surface area contributed by atoms with Gasteiger partial charge < -0.3 is 10.2 Å². The summed E-state index contributed by atoms with van der Waals surface area (Å²) in [7, 11) is 0. The minimum atomic E-state index is -0.329. The quantitative estimate of drug-likeness (QED) is 0.778. The van der Waals surface area contributed by atoms with Crippen LogP contribution in [-0.2, 0) is 9.59 Å². The van der Waals surface area contributed by atoms with Crippen LogP contribution in [0.3, 0.4) is 0 Å². The average molecular weight is 226 g/mol. The molecule has 0 aliphatic carbocycles. The van der Waals surface area contributed by atoms with E-state index < -0.39 is 0 Å². The average Bonchev–Trinajstić information content (AvgIpc) is 2.21. The van der Waals surface area contributed by atoms with E-state index in [-0.39, 0.29) is 30.3 Å². The summed E-state index contributed by atoms with van der Waals surface area (Å²) >= 11 is 0. The van der Waals surface area contributed by atoms with Crippen LogP contribution < -0.4 is 5.32 Å². The standard InChI is InChI=1S/C12H22N2O2/c1-5-9(4)11-12(16)14(6-8(2)3)7-10(15)13-11/h8-9,11H,5-7H2,1-4H3,(H,13,15). The van der Waals surface area contributed by atoms with Crippen molar-refractivity contribution in [2.24, 2.45) is 11.8 Å². The van der Waals surface area contributed by atoms with Crippen molar-refractivity contribution in [2.45, 2.75) is 40.2 Å². The first-order valence-electron chi connectivity index (χ1n) is 6.03. The van der Waals surface area contributed by atoms with Crippen molar-refractivity contribution in [3.8, 4) is 0 Å². The van der Waals surface area contributed by atoms with Crippen LogP contribution >= 0.6 is 0 Å². The first kappa shape index (κ1) is 13.0. The zero-order valence-corrected chi connectivity index (χ0v) is 10.6.